The van der Waals surface area contributed by atoms with Gasteiger partial charge in [0.25, 0.3) is 0 Å². The van der Waals surface area contributed by atoms with Gasteiger partial charge in [0.05, 0.1) is 28.4 Å². The van der Waals surface area contributed by atoms with Crippen molar-refractivity contribution in [1.82, 2.24) is 5.32 Å². The zero-order chi connectivity index (χ0) is 16.8. The number of esters is 1. The maximum absolute atomic E-state index is 12.0. The van der Waals surface area contributed by atoms with Gasteiger partial charge in [0.15, 0.2) is 0 Å². The van der Waals surface area contributed by atoms with Crippen LogP contribution >= 0.6 is 23.2 Å². The highest BCUT2D eigenvalue weighted by atomic mass is 35.5. The van der Waals surface area contributed by atoms with E-state index in [0.29, 0.717) is 15.7 Å². The smallest absolute Gasteiger partial charge is 0.339 e. The molecule has 2 rings (SSSR count). The number of amides is 2. The summed E-state index contributed by atoms with van der Waals surface area (Å²) in [7, 11) is 1.28. The molecule has 0 aliphatic heterocycles. The minimum Gasteiger partial charge on any atom is -0.465 e. The maximum Gasteiger partial charge on any atom is 0.339 e. The average Bonchev–Trinajstić information content (AvgIpc) is 2.55. The quantitative estimate of drug-likeness (QED) is 0.813. The molecule has 2 aromatic rings. The van der Waals surface area contributed by atoms with E-state index in [1.54, 1.807) is 42.5 Å². The van der Waals surface area contributed by atoms with Crippen LogP contribution in [0.5, 0.6) is 0 Å². The lowest BCUT2D eigenvalue weighted by molar-refractivity contribution is 0.0602. The van der Waals surface area contributed by atoms with Crippen molar-refractivity contribution < 1.29 is 14.3 Å². The van der Waals surface area contributed by atoms with Crippen LogP contribution in [0.4, 0.5) is 10.5 Å². The predicted octanol–water partition coefficient (Wildman–Crippen LogP) is 4.10. The Kier molecular flexibility index (Phi) is 5.84. The summed E-state index contributed by atoms with van der Waals surface area (Å²) in [6.07, 6.45) is 0. The number of nitrogens with one attached hydrogen (secondary N) is 2. The second-order valence-electron chi connectivity index (χ2n) is 4.59. The Balaban J connectivity index is 2.00. The molecule has 0 spiro atoms. The lowest BCUT2D eigenvalue weighted by atomic mass is 10.2. The fourth-order valence-corrected chi connectivity index (χ4v) is 2.20. The summed E-state index contributed by atoms with van der Waals surface area (Å²) in [5, 5.41) is 6.16. The molecule has 5 nitrogen and oxygen atoms in total. The van der Waals surface area contributed by atoms with Gasteiger partial charge in [-0.2, -0.15) is 0 Å². The third kappa shape index (κ3) is 4.61. The Morgan fingerprint density at radius 2 is 1.83 bits per heavy atom. The number of para-hydroxylation sites is 1. The highest BCUT2D eigenvalue weighted by Crippen LogP contribution is 2.22. The van der Waals surface area contributed by atoms with Gasteiger partial charge in [0.2, 0.25) is 0 Å². The zero-order valence-electron chi connectivity index (χ0n) is 12.2. The predicted molar refractivity (Wildman–Crippen MR) is 90.1 cm³/mol. The Morgan fingerprint density at radius 3 is 2.52 bits per heavy atom. The monoisotopic (exact) mass is 352 g/mol. The van der Waals surface area contributed by atoms with Crippen LogP contribution in [0.2, 0.25) is 10.0 Å². The SMILES string of the molecule is COC(=O)c1ccccc1NC(=O)NCc1ccc(Cl)c(Cl)c1. The number of carbonyl (C=O) groups is 2. The zero-order valence-corrected chi connectivity index (χ0v) is 13.7. The van der Waals surface area contributed by atoms with Gasteiger partial charge >= 0.3 is 12.0 Å². The van der Waals surface area contributed by atoms with E-state index in [9.17, 15) is 9.59 Å². The number of hydrogen-bond donors (Lipinski definition) is 2. The molecule has 0 fully saturated rings. The highest BCUT2D eigenvalue weighted by molar-refractivity contribution is 6.42. The number of halogens is 2. The molecule has 23 heavy (non-hydrogen) atoms. The van der Waals surface area contributed by atoms with E-state index < -0.39 is 12.0 Å². The normalized spacial score (nSPS) is 10.0. The van der Waals surface area contributed by atoms with Crippen LogP contribution in [0.1, 0.15) is 15.9 Å². The van der Waals surface area contributed by atoms with Crippen molar-refractivity contribution in [2.45, 2.75) is 6.54 Å². The van der Waals surface area contributed by atoms with Gasteiger partial charge in [0, 0.05) is 6.54 Å². The second-order valence-corrected chi connectivity index (χ2v) is 5.41. The lowest BCUT2D eigenvalue weighted by Gasteiger charge is -2.11. The first kappa shape index (κ1) is 17.1. The van der Waals surface area contributed by atoms with Gasteiger partial charge in [-0.15, -0.1) is 0 Å². The van der Waals surface area contributed by atoms with Gasteiger partial charge in [0.1, 0.15) is 0 Å². The summed E-state index contributed by atoms with van der Waals surface area (Å²) < 4.78 is 4.67. The van der Waals surface area contributed by atoms with Crippen molar-refractivity contribution in [3.63, 3.8) is 0 Å². The Labute approximate surface area is 143 Å². The van der Waals surface area contributed by atoms with Crippen molar-refractivity contribution in [2.75, 3.05) is 12.4 Å². The fraction of sp³-hybridized carbons (Fsp3) is 0.125. The summed E-state index contributed by atoms with van der Waals surface area (Å²) in [6.45, 7) is 0.267. The molecule has 0 unspecified atom stereocenters. The molecule has 2 N–H and O–H groups in total. The molecule has 0 bridgehead atoms. The molecule has 2 amide bonds. The van der Waals surface area contributed by atoms with E-state index in [0.717, 1.165) is 5.56 Å². The number of rotatable bonds is 4. The first-order valence-corrected chi connectivity index (χ1v) is 7.43. The van der Waals surface area contributed by atoms with Crippen LogP contribution in [0, 0.1) is 0 Å². The number of methoxy groups -OCH3 is 1. The number of ether oxygens (including phenoxy) is 1. The third-order valence-corrected chi connectivity index (χ3v) is 3.76. The number of benzene rings is 2. The van der Waals surface area contributed by atoms with E-state index in [1.807, 2.05) is 0 Å². The van der Waals surface area contributed by atoms with Gasteiger partial charge in [-0.05, 0) is 29.8 Å². The van der Waals surface area contributed by atoms with Crippen LogP contribution in [0.3, 0.4) is 0 Å². The number of hydrogen-bond acceptors (Lipinski definition) is 3. The van der Waals surface area contributed by atoms with E-state index in [4.69, 9.17) is 23.2 Å². The van der Waals surface area contributed by atoms with Crippen molar-refractivity contribution in [3.05, 3.63) is 63.6 Å². The molecular formula is C16H14Cl2N2O3. The summed E-state index contributed by atoms with van der Waals surface area (Å²) in [5.74, 6) is -0.523. The molecular weight excluding hydrogens is 339 g/mol. The van der Waals surface area contributed by atoms with Crippen LogP contribution < -0.4 is 10.6 Å². The fourth-order valence-electron chi connectivity index (χ4n) is 1.88. The van der Waals surface area contributed by atoms with Crippen molar-refractivity contribution in [3.8, 4) is 0 Å². The summed E-state index contributed by atoms with van der Waals surface area (Å²) in [4.78, 5) is 23.6. The topological polar surface area (TPSA) is 67.4 Å². The third-order valence-electron chi connectivity index (χ3n) is 3.02. The second kappa shape index (κ2) is 7.85. The molecule has 0 saturated carbocycles. The van der Waals surface area contributed by atoms with Gasteiger partial charge in [-0.1, -0.05) is 41.4 Å². The first-order chi connectivity index (χ1) is 11.0. The standard InChI is InChI=1S/C16H14Cl2N2O3/c1-23-15(21)11-4-2-3-5-14(11)20-16(22)19-9-10-6-7-12(17)13(18)8-10/h2-8H,9H2,1H3,(H2,19,20,22). The highest BCUT2D eigenvalue weighted by Gasteiger charge is 2.13. The first-order valence-electron chi connectivity index (χ1n) is 6.67. The van der Waals surface area contributed by atoms with Crippen LogP contribution in [0.25, 0.3) is 0 Å². The Hall–Kier alpha value is -2.24. The lowest BCUT2D eigenvalue weighted by Crippen LogP contribution is -2.29. The van der Waals surface area contributed by atoms with E-state index in [1.165, 1.54) is 7.11 Å². The number of anilines is 1. The number of carbonyl (C=O) groups excluding carboxylic acids is 2. The Bertz CT molecular complexity index is 735. The molecule has 0 aliphatic rings. The maximum atomic E-state index is 12.0. The Morgan fingerprint density at radius 1 is 1.09 bits per heavy atom. The van der Waals surface area contributed by atoms with E-state index in [-0.39, 0.29) is 12.1 Å². The van der Waals surface area contributed by atoms with Gasteiger partial charge in [-0.3, -0.25) is 0 Å². The van der Waals surface area contributed by atoms with E-state index >= 15 is 0 Å². The summed E-state index contributed by atoms with van der Waals surface area (Å²) in [6, 6.07) is 11.2. The minimum absolute atomic E-state index is 0.267. The van der Waals surface area contributed by atoms with Crippen molar-refractivity contribution >= 4 is 40.9 Å². The largest absolute Gasteiger partial charge is 0.465 e. The van der Waals surface area contributed by atoms with Crippen molar-refractivity contribution in [2.24, 2.45) is 0 Å². The molecule has 0 radical (unpaired) electrons. The molecule has 0 atom stereocenters. The average molecular weight is 353 g/mol. The van der Waals surface area contributed by atoms with Crippen LogP contribution in [-0.4, -0.2) is 19.1 Å². The van der Waals surface area contributed by atoms with Gasteiger partial charge in [-0.25, -0.2) is 9.59 Å². The molecule has 0 aromatic heterocycles. The van der Waals surface area contributed by atoms with Crippen LogP contribution in [0.15, 0.2) is 42.5 Å². The molecule has 0 aliphatic carbocycles. The molecule has 0 saturated heterocycles. The minimum atomic E-state index is -0.523. The van der Waals surface area contributed by atoms with Gasteiger partial charge < -0.3 is 15.4 Å². The summed E-state index contributed by atoms with van der Waals surface area (Å²) in [5.41, 5.74) is 1.45. The summed E-state index contributed by atoms with van der Waals surface area (Å²) >= 11 is 11.8. The molecule has 120 valence electrons. The molecule has 0 heterocycles. The van der Waals surface area contributed by atoms with E-state index in [2.05, 4.69) is 15.4 Å². The van der Waals surface area contributed by atoms with Crippen LogP contribution in [-0.2, 0) is 11.3 Å². The molecule has 2 aromatic carbocycles. The molecule has 7 heteroatoms. The van der Waals surface area contributed by atoms with Crippen molar-refractivity contribution in [1.29, 1.82) is 0 Å². The number of urea groups is 1.